The van der Waals surface area contributed by atoms with Crippen molar-refractivity contribution in [3.8, 4) is 0 Å². The van der Waals surface area contributed by atoms with Crippen molar-refractivity contribution in [1.82, 2.24) is 5.32 Å². The Morgan fingerprint density at radius 3 is 2.60 bits per heavy atom. The molecule has 1 atom stereocenters. The highest BCUT2D eigenvalue weighted by atomic mass is 16.5. The number of aliphatic hydroxyl groups is 2. The Balaban J connectivity index is 2.03. The topological polar surface area (TPSA) is 61.7 Å². The lowest BCUT2D eigenvalue weighted by Gasteiger charge is -2.23. The Bertz CT molecular complexity index is 144. The fourth-order valence-corrected chi connectivity index (χ4v) is 1.94. The van der Waals surface area contributed by atoms with E-state index in [9.17, 15) is 0 Å². The van der Waals surface area contributed by atoms with Gasteiger partial charge in [0, 0.05) is 25.9 Å². The minimum absolute atomic E-state index is 0.0508. The summed E-state index contributed by atoms with van der Waals surface area (Å²) in [5, 5.41) is 21.0. The highest BCUT2D eigenvalue weighted by molar-refractivity contribution is 4.68. The van der Waals surface area contributed by atoms with Gasteiger partial charge < -0.3 is 20.3 Å². The molecule has 0 aromatic rings. The van der Waals surface area contributed by atoms with Gasteiger partial charge in [-0.2, -0.15) is 0 Å². The molecular formula is C11H23NO3. The lowest BCUT2D eigenvalue weighted by molar-refractivity contribution is 0.0633. The average Bonchev–Trinajstić information content (AvgIpc) is 2.29. The third kappa shape index (κ3) is 5.47. The summed E-state index contributed by atoms with van der Waals surface area (Å²) in [5.41, 5.74) is 0. The molecule has 0 aliphatic carbocycles. The SMILES string of the molecule is OCCC(CO)NCCC1CCOCC1. The number of ether oxygens (including phenoxy) is 1. The van der Waals surface area contributed by atoms with Gasteiger partial charge in [0.15, 0.2) is 0 Å². The largest absolute Gasteiger partial charge is 0.396 e. The van der Waals surface area contributed by atoms with E-state index in [1.165, 1.54) is 0 Å². The molecule has 1 heterocycles. The first kappa shape index (κ1) is 12.9. The summed E-state index contributed by atoms with van der Waals surface area (Å²) >= 11 is 0. The molecule has 1 aliphatic heterocycles. The Morgan fingerprint density at radius 1 is 1.27 bits per heavy atom. The normalized spacial score (nSPS) is 20.4. The summed E-state index contributed by atoms with van der Waals surface area (Å²) in [5.74, 6) is 0.764. The van der Waals surface area contributed by atoms with Crippen LogP contribution in [0.1, 0.15) is 25.7 Å². The average molecular weight is 217 g/mol. The van der Waals surface area contributed by atoms with Gasteiger partial charge in [-0.25, -0.2) is 0 Å². The van der Waals surface area contributed by atoms with Crippen molar-refractivity contribution in [2.45, 2.75) is 31.7 Å². The molecule has 4 nitrogen and oxygen atoms in total. The molecule has 90 valence electrons. The van der Waals surface area contributed by atoms with Crippen LogP contribution in [0.3, 0.4) is 0 Å². The van der Waals surface area contributed by atoms with E-state index in [0.717, 1.165) is 44.9 Å². The van der Waals surface area contributed by atoms with E-state index < -0.39 is 0 Å². The molecular weight excluding hydrogens is 194 g/mol. The van der Waals surface area contributed by atoms with Crippen LogP contribution in [0.4, 0.5) is 0 Å². The van der Waals surface area contributed by atoms with Gasteiger partial charge in [0.25, 0.3) is 0 Å². The van der Waals surface area contributed by atoms with E-state index in [0.29, 0.717) is 6.42 Å². The molecule has 1 rings (SSSR count). The monoisotopic (exact) mass is 217 g/mol. The maximum Gasteiger partial charge on any atom is 0.0585 e. The van der Waals surface area contributed by atoms with E-state index in [1.807, 2.05) is 0 Å². The quantitative estimate of drug-likeness (QED) is 0.567. The van der Waals surface area contributed by atoms with Crippen LogP contribution in [-0.4, -0.2) is 49.2 Å². The minimum Gasteiger partial charge on any atom is -0.396 e. The Hall–Kier alpha value is -0.160. The standard InChI is InChI=1S/C11H23NO3/c13-6-2-11(9-14)12-5-1-10-3-7-15-8-4-10/h10-14H,1-9H2. The van der Waals surface area contributed by atoms with E-state index in [2.05, 4.69) is 5.32 Å². The smallest absolute Gasteiger partial charge is 0.0585 e. The third-order valence-electron chi connectivity index (χ3n) is 3.02. The number of nitrogens with one attached hydrogen (secondary N) is 1. The lowest BCUT2D eigenvalue weighted by Crippen LogP contribution is -2.35. The van der Waals surface area contributed by atoms with Crippen molar-refractivity contribution in [1.29, 1.82) is 0 Å². The molecule has 0 amide bonds. The zero-order chi connectivity index (χ0) is 10.9. The van der Waals surface area contributed by atoms with Crippen molar-refractivity contribution in [3.05, 3.63) is 0 Å². The Labute approximate surface area is 91.6 Å². The predicted octanol–water partition coefficient (Wildman–Crippen LogP) is 0.136. The molecule has 4 heteroatoms. The molecule has 1 aliphatic rings. The zero-order valence-electron chi connectivity index (χ0n) is 9.32. The van der Waals surface area contributed by atoms with Crippen LogP contribution in [0.15, 0.2) is 0 Å². The van der Waals surface area contributed by atoms with Crippen LogP contribution in [0.5, 0.6) is 0 Å². The van der Waals surface area contributed by atoms with Crippen molar-refractivity contribution in [2.75, 3.05) is 33.0 Å². The van der Waals surface area contributed by atoms with Gasteiger partial charge in [0.05, 0.1) is 6.61 Å². The number of hydrogen-bond acceptors (Lipinski definition) is 4. The van der Waals surface area contributed by atoms with E-state index in [1.54, 1.807) is 0 Å². The van der Waals surface area contributed by atoms with Crippen LogP contribution in [0.25, 0.3) is 0 Å². The number of rotatable bonds is 7. The lowest BCUT2D eigenvalue weighted by atomic mass is 9.96. The predicted molar refractivity (Wildman–Crippen MR) is 58.7 cm³/mol. The summed E-state index contributed by atoms with van der Waals surface area (Å²) in [7, 11) is 0. The molecule has 0 spiro atoms. The molecule has 0 aromatic heterocycles. The summed E-state index contributed by atoms with van der Waals surface area (Å²) in [6, 6.07) is 0.0508. The van der Waals surface area contributed by atoms with Gasteiger partial charge in [-0.15, -0.1) is 0 Å². The van der Waals surface area contributed by atoms with Crippen LogP contribution < -0.4 is 5.32 Å². The van der Waals surface area contributed by atoms with Gasteiger partial charge >= 0.3 is 0 Å². The highest BCUT2D eigenvalue weighted by Crippen LogP contribution is 2.17. The number of hydrogen-bond donors (Lipinski definition) is 3. The zero-order valence-corrected chi connectivity index (χ0v) is 9.32. The minimum atomic E-state index is 0.0508. The van der Waals surface area contributed by atoms with Gasteiger partial charge in [-0.1, -0.05) is 0 Å². The first-order valence-corrected chi connectivity index (χ1v) is 5.89. The second-order valence-corrected chi connectivity index (χ2v) is 4.19. The van der Waals surface area contributed by atoms with Crippen molar-refractivity contribution >= 4 is 0 Å². The second kappa shape index (κ2) is 8.05. The van der Waals surface area contributed by atoms with Crippen molar-refractivity contribution in [2.24, 2.45) is 5.92 Å². The summed E-state index contributed by atoms with van der Waals surface area (Å²) < 4.78 is 5.29. The van der Waals surface area contributed by atoms with Crippen molar-refractivity contribution in [3.63, 3.8) is 0 Å². The van der Waals surface area contributed by atoms with Gasteiger partial charge in [0.1, 0.15) is 0 Å². The highest BCUT2D eigenvalue weighted by Gasteiger charge is 2.14. The molecule has 1 saturated heterocycles. The molecule has 0 bridgehead atoms. The van der Waals surface area contributed by atoms with E-state index in [4.69, 9.17) is 14.9 Å². The Morgan fingerprint density at radius 2 is 2.00 bits per heavy atom. The second-order valence-electron chi connectivity index (χ2n) is 4.19. The molecule has 1 unspecified atom stereocenters. The van der Waals surface area contributed by atoms with Crippen LogP contribution in [0.2, 0.25) is 0 Å². The molecule has 1 fully saturated rings. The van der Waals surface area contributed by atoms with Crippen LogP contribution >= 0.6 is 0 Å². The molecule has 0 radical (unpaired) electrons. The fourth-order valence-electron chi connectivity index (χ4n) is 1.94. The molecule has 15 heavy (non-hydrogen) atoms. The maximum absolute atomic E-state index is 9.00. The summed E-state index contributed by atoms with van der Waals surface area (Å²) in [6.07, 6.45) is 4.09. The molecule has 0 saturated carbocycles. The van der Waals surface area contributed by atoms with Crippen LogP contribution in [-0.2, 0) is 4.74 Å². The van der Waals surface area contributed by atoms with Crippen molar-refractivity contribution < 1.29 is 14.9 Å². The van der Waals surface area contributed by atoms with Gasteiger partial charge in [-0.3, -0.25) is 0 Å². The van der Waals surface area contributed by atoms with E-state index >= 15 is 0 Å². The maximum atomic E-state index is 9.00. The van der Waals surface area contributed by atoms with Gasteiger partial charge in [0.2, 0.25) is 0 Å². The summed E-state index contributed by atoms with van der Waals surface area (Å²) in [4.78, 5) is 0. The first-order chi connectivity index (χ1) is 7.36. The number of aliphatic hydroxyl groups excluding tert-OH is 2. The molecule has 0 aromatic carbocycles. The van der Waals surface area contributed by atoms with Crippen LogP contribution in [0, 0.1) is 5.92 Å². The first-order valence-electron chi connectivity index (χ1n) is 5.89. The van der Waals surface area contributed by atoms with E-state index in [-0.39, 0.29) is 19.3 Å². The summed E-state index contributed by atoms with van der Waals surface area (Å²) in [6.45, 7) is 2.95. The third-order valence-corrected chi connectivity index (χ3v) is 3.02. The Kier molecular flexibility index (Phi) is 6.92. The van der Waals surface area contributed by atoms with Gasteiger partial charge in [-0.05, 0) is 38.1 Å². The molecule has 3 N–H and O–H groups in total. The fraction of sp³-hybridized carbons (Fsp3) is 1.00.